The first-order valence-corrected chi connectivity index (χ1v) is 9.17. The van der Waals surface area contributed by atoms with Gasteiger partial charge in [0.1, 0.15) is 11.3 Å². The van der Waals surface area contributed by atoms with Crippen molar-refractivity contribution in [2.75, 3.05) is 13.1 Å². The molecule has 0 N–H and O–H groups in total. The van der Waals surface area contributed by atoms with E-state index in [-0.39, 0.29) is 11.8 Å². The van der Waals surface area contributed by atoms with Crippen molar-refractivity contribution in [3.8, 4) is 0 Å². The summed E-state index contributed by atoms with van der Waals surface area (Å²) in [5.74, 6) is 1.89. The molecule has 0 radical (unpaired) electrons. The maximum atomic E-state index is 12.7. The Hall–Kier alpha value is -2.63. The second kappa shape index (κ2) is 6.94. The fourth-order valence-corrected chi connectivity index (χ4v) is 3.72. The van der Waals surface area contributed by atoms with E-state index in [9.17, 15) is 4.79 Å². The lowest BCUT2D eigenvalue weighted by atomic mass is 9.97. The van der Waals surface area contributed by atoms with Gasteiger partial charge in [-0.2, -0.15) is 0 Å². The fraction of sp³-hybridized carbons (Fsp3) is 0.450. The topological polar surface area (TPSA) is 72.4 Å². The summed E-state index contributed by atoms with van der Waals surface area (Å²) in [6.07, 6.45) is 3.12. The highest BCUT2D eigenvalue weighted by molar-refractivity contribution is 5.77. The van der Waals surface area contributed by atoms with E-state index in [0.29, 0.717) is 19.4 Å². The van der Waals surface area contributed by atoms with Crippen molar-refractivity contribution in [1.82, 2.24) is 15.0 Å². The van der Waals surface area contributed by atoms with E-state index in [4.69, 9.17) is 8.94 Å². The predicted molar refractivity (Wildman–Crippen MR) is 96.9 cm³/mol. The van der Waals surface area contributed by atoms with Crippen LogP contribution in [-0.2, 0) is 11.2 Å². The number of para-hydroxylation sites is 2. The molecule has 1 saturated heterocycles. The number of fused-ring (bicyclic) bond motifs is 1. The summed E-state index contributed by atoms with van der Waals surface area (Å²) in [6.45, 7) is 5.29. The minimum atomic E-state index is 0.166. The van der Waals surface area contributed by atoms with Crippen LogP contribution < -0.4 is 0 Å². The van der Waals surface area contributed by atoms with Gasteiger partial charge in [0, 0.05) is 25.1 Å². The third-order valence-electron chi connectivity index (χ3n) is 5.20. The number of rotatable bonds is 4. The molecule has 6 heteroatoms. The summed E-state index contributed by atoms with van der Waals surface area (Å²) in [7, 11) is 0. The zero-order valence-corrected chi connectivity index (χ0v) is 15.2. The molecule has 1 aliphatic heterocycles. The van der Waals surface area contributed by atoms with Crippen LogP contribution in [0.4, 0.5) is 0 Å². The standard InChI is InChI=1S/C20H23N3O3/c1-13-16(14(2)26-22-13)9-10-19(24)23-11-5-6-15(12-23)20-21-17-7-3-4-8-18(17)25-20/h3-4,7-8,15H,5-6,9-12H2,1-2H3/t15-/m0/s1. The highest BCUT2D eigenvalue weighted by atomic mass is 16.5. The number of hydrogen-bond donors (Lipinski definition) is 0. The number of hydrogen-bond acceptors (Lipinski definition) is 5. The molecule has 0 spiro atoms. The Balaban J connectivity index is 1.42. The van der Waals surface area contributed by atoms with Crippen LogP contribution in [0.5, 0.6) is 0 Å². The molecule has 26 heavy (non-hydrogen) atoms. The van der Waals surface area contributed by atoms with Crippen LogP contribution in [0, 0.1) is 13.8 Å². The average Bonchev–Trinajstić information content (AvgIpc) is 3.23. The first-order chi connectivity index (χ1) is 12.6. The van der Waals surface area contributed by atoms with Gasteiger partial charge in [-0.3, -0.25) is 4.79 Å². The molecule has 3 heterocycles. The number of amides is 1. The molecule has 1 fully saturated rings. The van der Waals surface area contributed by atoms with E-state index in [1.807, 2.05) is 43.0 Å². The van der Waals surface area contributed by atoms with Crippen LogP contribution in [0.15, 0.2) is 33.2 Å². The van der Waals surface area contributed by atoms with Gasteiger partial charge in [-0.25, -0.2) is 4.98 Å². The minimum absolute atomic E-state index is 0.166. The number of carbonyl (C=O) groups is 1. The van der Waals surface area contributed by atoms with Gasteiger partial charge in [-0.05, 0) is 45.2 Å². The van der Waals surface area contributed by atoms with Crippen molar-refractivity contribution in [2.24, 2.45) is 0 Å². The smallest absolute Gasteiger partial charge is 0.222 e. The van der Waals surface area contributed by atoms with Crippen LogP contribution in [-0.4, -0.2) is 34.0 Å². The number of carbonyl (C=O) groups excluding carboxylic acids is 1. The molecule has 1 atom stereocenters. The molecule has 0 aliphatic carbocycles. The van der Waals surface area contributed by atoms with Gasteiger partial charge in [0.25, 0.3) is 0 Å². The zero-order valence-electron chi connectivity index (χ0n) is 15.2. The Kier molecular flexibility index (Phi) is 4.49. The lowest BCUT2D eigenvalue weighted by Crippen LogP contribution is -2.39. The average molecular weight is 353 g/mol. The molecule has 3 aromatic rings. The lowest BCUT2D eigenvalue weighted by molar-refractivity contribution is -0.132. The van der Waals surface area contributed by atoms with Crippen LogP contribution >= 0.6 is 0 Å². The summed E-state index contributed by atoms with van der Waals surface area (Å²) < 4.78 is 11.1. The molecule has 6 nitrogen and oxygen atoms in total. The highest BCUT2D eigenvalue weighted by Crippen LogP contribution is 2.29. The molecular formula is C20H23N3O3. The molecule has 2 aromatic heterocycles. The quantitative estimate of drug-likeness (QED) is 0.714. The Morgan fingerprint density at radius 2 is 2.15 bits per heavy atom. The van der Waals surface area contributed by atoms with Gasteiger partial charge in [-0.15, -0.1) is 0 Å². The predicted octanol–water partition coefficient (Wildman–Crippen LogP) is 3.77. The van der Waals surface area contributed by atoms with Crippen molar-refractivity contribution in [3.63, 3.8) is 0 Å². The monoisotopic (exact) mass is 353 g/mol. The summed E-state index contributed by atoms with van der Waals surface area (Å²) in [5, 5.41) is 3.96. The van der Waals surface area contributed by atoms with Gasteiger partial charge < -0.3 is 13.8 Å². The van der Waals surface area contributed by atoms with Gasteiger partial charge >= 0.3 is 0 Å². The van der Waals surface area contributed by atoms with E-state index < -0.39 is 0 Å². The highest BCUT2D eigenvalue weighted by Gasteiger charge is 2.28. The van der Waals surface area contributed by atoms with Crippen molar-refractivity contribution >= 4 is 17.0 Å². The van der Waals surface area contributed by atoms with Gasteiger partial charge in [-0.1, -0.05) is 17.3 Å². The van der Waals surface area contributed by atoms with Gasteiger partial charge in [0.15, 0.2) is 11.5 Å². The van der Waals surface area contributed by atoms with E-state index >= 15 is 0 Å². The number of likely N-dealkylation sites (tertiary alicyclic amines) is 1. The lowest BCUT2D eigenvalue weighted by Gasteiger charge is -2.31. The molecule has 0 unspecified atom stereocenters. The molecule has 136 valence electrons. The van der Waals surface area contributed by atoms with Gasteiger partial charge in [0.2, 0.25) is 5.91 Å². The third-order valence-corrected chi connectivity index (χ3v) is 5.20. The minimum Gasteiger partial charge on any atom is -0.440 e. The summed E-state index contributed by atoms with van der Waals surface area (Å²) in [4.78, 5) is 19.2. The fourth-order valence-electron chi connectivity index (χ4n) is 3.72. The second-order valence-corrected chi connectivity index (χ2v) is 7.00. The summed E-state index contributed by atoms with van der Waals surface area (Å²) in [6, 6.07) is 7.79. The normalized spacial score (nSPS) is 17.8. The summed E-state index contributed by atoms with van der Waals surface area (Å²) in [5.41, 5.74) is 3.61. The number of nitrogens with zero attached hydrogens (tertiary/aromatic N) is 3. The summed E-state index contributed by atoms with van der Waals surface area (Å²) >= 11 is 0. The first-order valence-electron chi connectivity index (χ1n) is 9.17. The maximum Gasteiger partial charge on any atom is 0.222 e. The number of piperidine rings is 1. The molecule has 4 rings (SSSR count). The maximum absolute atomic E-state index is 12.7. The SMILES string of the molecule is Cc1noc(C)c1CCC(=O)N1CCC[C@H](c2nc3ccccc3o2)C1. The van der Waals surface area contributed by atoms with E-state index in [0.717, 1.165) is 53.4 Å². The van der Waals surface area contributed by atoms with Crippen molar-refractivity contribution in [3.05, 3.63) is 47.2 Å². The molecule has 0 saturated carbocycles. The van der Waals surface area contributed by atoms with Crippen molar-refractivity contribution in [2.45, 2.75) is 45.4 Å². The van der Waals surface area contributed by atoms with Crippen molar-refractivity contribution in [1.29, 1.82) is 0 Å². The number of benzene rings is 1. The zero-order chi connectivity index (χ0) is 18.1. The van der Waals surface area contributed by atoms with Crippen LogP contribution in [0.1, 0.15) is 48.1 Å². The van der Waals surface area contributed by atoms with E-state index in [2.05, 4.69) is 10.1 Å². The largest absolute Gasteiger partial charge is 0.440 e. The third kappa shape index (κ3) is 3.23. The number of aryl methyl sites for hydroxylation is 2. The molecule has 1 amide bonds. The molecule has 0 bridgehead atoms. The van der Waals surface area contributed by atoms with Crippen LogP contribution in [0.2, 0.25) is 0 Å². The molecular weight excluding hydrogens is 330 g/mol. The molecule has 1 aromatic carbocycles. The Bertz CT molecular complexity index is 875. The Labute approximate surface area is 152 Å². The number of aromatic nitrogens is 2. The van der Waals surface area contributed by atoms with E-state index in [1.165, 1.54) is 0 Å². The van der Waals surface area contributed by atoms with Crippen LogP contribution in [0.25, 0.3) is 11.1 Å². The Morgan fingerprint density at radius 1 is 1.31 bits per heavy atom. The second-order valence-electron chi connectivity index (χ2n) is 7.00. The van der Waals surface area contributed by atoms with Gasteiger partial charge in [0.05, 0.1) is 11.6 Å². The first kappa shape index (κ1) is 16.8. The van der Waals surface area contributed by atoms with Crippen molar-refractivity contribution < 1.29 is 13.7 Å². The molecule has 1 aliphatic rings. The van der Waals surface area contributed by atoms with Crippen LogP contribution in [0.3, 0.4) is 0 Å². The Morgan fingerprint density at radius 3 is 2.92 bits per heavy atom. The number of oxazole rings is 1. The van der Waals surface area contributed by atoms with E-state index in [1.54, 1.807) is 0 Å².